The molecule has 0 radical (unpaired) electrons. The molecule has 90 valence electrons. The summed E-state index contributed by atoms with van der Waals surface area (Å²) in [5.41, 5.74) is 0. The van der Waals surface area contributed by atoms with Gasteiger partial charge in [0.15, 0.2) is 10.8 Å². The molecule has 0 fully saturated rings. The molecule has 0 amide bonds. The van der Waals surface area contributed by atoms with Gasteiger partial charge in [-0.05, 0) is 6.07 Å². The van der Waals surface area contributed by atoms with Crippen molar-refractivity contribution in [2.75, 3.05) is 6.26 Å². The van der Waals surface area contributed by atoms with Crippen molar-refractivity contribution < 1.29 is 17.8 Å². The molecule has 2 aromatic rings. The van der Waals surface area contributed by atoms with Crippen molar-refractivity contribution in [1.29, 1.82) is 0 Å². The summed E-state index contributed by atoms with van der Waals surface area (Å²) >= 11 is 0.791. The first kappa shape index (κ1) is 11.7. The van der Waals surface area contributed by atoms with E-state index in [9.17, 15) is 18.5 Å². The van der Waals surface area contributed by atoms with Crippen LogP contribution in [0.5, 0.6) is 0 Å². The van der Waals surface area contributed by atoms with Crippen LogP contribution in [0.2, 0.25) is 0 Å². The maximum absolute atomic E-state index is 11.2. The van der Waals surface area contributed by atoms with E-state index in [0.717, 1.165) is 23.7 Å². The molecule has 2 heterocycles. The SMILES string of the molecule is CS(=O)(=O)c1nnc(-c2ccc([N+](=O)[O-])o2)s1. The van der Waals surface area contributed by atoms with Gasteiger partial charge in [-0.2, -0.15) is 0 Å². The lowest BCUT2D eigenvalue weighted by atomic mass is 10.5. The van der Waals surface area contributed by atoms with E-state index in [4.69, 9.17) is 4.42 Å². The largest absolute Gasteiger partial charge is 0.433 e. The first-order chi connectivity index (χ1) is 7.88. The minimum Gasteiger partial charge on any atom is -0.398 e. The first-order valence-electron chi connectivity index (χ1n) is 4.16. The van der Waals surface area contributed by atoms with Gasteiger partial charge in [-0.1, -0.05) is 11.3 Å². The predicted molar refractivity (Wildman–Crippen MR) is 57.4 cm³/mol. The van der Waals surface area contributed by atoms with Crippen LogP contribution in [0.3, 0.4) is 0 Å². The highest BCUT2D eigenvalue weighted by atomic mass is 32.2. The Morgan fingerprint density at radius 1 is 1.41 bits per heavy atom. The third kappa shape index (κ3) is 2.31. The number of hydrogen-bond acceptors (Lipinski definition) is 8. The number of furan rings is 1. The average molecular weight is 275 g/mol. The molecule has 2 aromatic heterocycles. The van der Waals surface area contributed by atoms with Crippen LogP contribution in [0, 0.1) is 10.1 Å². The summed E-state index contributed by atoms with van der Waals surface area (Å²) < 4.78 is 27.0. The second kappa shape index (κ2) is 3.89. The predicted octanol–water partition coefficient (Wildman–Crippen LogP) is 1.11. The smallest absolute Gasteiger partial charge is 0.398 e. The van der Waals surface area contributed by atoms with E-state index < -0.39 is 20.6 Å². The molecule has 0 atom stereocenters. The summed E-state index contributed by atoms with van der Waals surface area (Å²) in [5.74, 6) is -0.319. The molecule has 0 bridgehead atoms. The number of sulfone groups is 1. The molecule has 10 heteroatoms. The highest BCUT2D eigenvalue weighted by molar-refractivity contribution is 7.92. The van der Waals surface area contributed by atoms with Crippen molar-refractivity contribution in [3.8, 4) is 10.8 Å². The quantitative estimate of drug-likeness (QED) is 0.608. The lowest BCUT2D eigenvalue weighted by Gasteiger charge is -1.86. The van der Waals surface area contributed by atoms with Gasteiger partial charge in [-0.15, -0.1) is 10.2 Å². The fourth-order valence-corrected chi connectivity index (χ4v) is 2.57. The van der Waals surface area contributed by atoms with Gasteiger partial charge in [-0.3, -0.25) is 10.1 Å². The molecule has 8 nitrogen and oxygen atoms in total. The van der Waals surface area contributed by atoms with Crippen LogP contribution in [-0.2, 0) is 9.84 Å². The maximum Gasteiger partial charge on any atom is 0.433 e. The number of nitrogens with zero attached hydrogens (tertiary/aromatic N) is 3. The average Bonchev–Trinajstić information content (AvgIpc) is 2.85. The molecule has 0 saturated heterocycles. The zero-order chi connectivity index (χ0) is 12.6. The Morgan fingerprint density at radius 2 is 2.12 bits per heavy atom. The van der Waals surface area contributed by atoms with Crippen molar-refractivity contribution in [2.45, 2.75) is 4.34 Å². The third-order valence-corrected chi connectivity index (χ3v) is 4.31. The topological polar surface area (TPSA) is 116 Å². The van der Waals surface area contributed by atoms with Gasteiger partial charge in [0, 0.05) is 6.26 Å². The molecule has 0 saturated carbocycles. The second-order valence-corrected chi connectivity index (χ2v) is 6.21. The highest BCUT2D eigenvalue weighted by Crippen LogP contribution is 2.29. The van der Waals surface area contributed by atoms with E-state index in [2.05, 4.69) is 10.2 Å². The lowest BCUT2D eigenvalue weighted by Crippen LogP contribution is -1.95. The molecule has 0 aliphatic rings. The van der Waals surface area contributed by atoms with Crippen LogP contribution >= 0.6 is 11.3 Å². The Balaban J connectivity index is 2.40. The molecule has 0 spiro atoms. The first-order valence-corrected chi connectivity index (χ1v) is 6.87. The van der Waals surface area contributed by atoms with E-state index in [1.165, 1.54) is 6.07 Å². The highest BCUT2D eigenvalue weighted by Gasteiger charge is 2.19. The summed E-state index contributed by atoms with van der Waals surface area (Å²) in [6.45, 7) is 0. The molecule has 0 aliphatic heterocycles. The van der Waals surface area contributed by atoms with Gasteiger partial charge in [-0.25, -0.2) is 8.42 Å². The molecule has 2 rings (SSSR count). The Bertz CT molecular complexity index is 671. The van der Waals surface area contributed by atoms with E-state index >= 15 is 0 Å². The summed E-state index contributed by atoms with van der Waals surface area (Å²) in [6.07, 6.45) is 1.00. The van der Waals surface area contributed by atoms with Gasteiger partial charge >= 0.3 is 5.88 Å². The van der Waals surface area contributed by atoms with Crippen LogP contribution in [0.1, 0.15) is 0 Å². The van der Waals surface area contributed by atoms with Crippen LogP contribution in [0.15, 0.2) is 20.9 Å². The van der Waals surface area contributed by atoms with Crippen LogP contribution in [-0.4, -0.2) is 29.8 Å². The van der Waals surface area contributed by atoms with Gasteiger partial charge in [0.05, 0.1) is 6.07 Å². The van der Waals surface area contributed by atoms with Gasteiger partial charge in [0.2, 0.25) is 14.2 Å². The molecule has 17 heavy (non-hydrogen) atoms. The number of hydrogen-bond donors (Lipinski definition) is 0. The van der Waals surface area contributed by atoms with Crippen molar-refractivity contribution in [2.24, 2.45) is 0 Å². The summed E-state index contributed by atoms with van der Waals surface area (Å²) in [6, 6.07) is 2.50. The second-order valence-electron chi connectivity index (χ2n) is 3.04. The van der Waals surface area contributed by atoms with Gasteiger partial charge in [0.1, 0.15) is 4.92 Å². The minimum absolute atomic E-state index is 0.115. The van der Waals surface area contributed by atoms with Gasteiger partial charge in [0.25, 0.3) is 0 Å². The van der Waals surface area contributed by atoms with Crippen molar-refractivity contribution in [3.63, 3.8) is 0 Å². The Morgan fingerprint density at radius 3 is 2.59 bits per heavy atom. The molecule has 0 aromatic carbocycles. The lowest BCUT2D eigenvalue weighted by molar-refractivity contribution is -0.401. The van der Waals surface area contributed by atoms with Crippen molar-refractivity contribution in [1.82, 2.24) is 10.2 Å². The van der Waals surface area contributed by atoms with Crippen molar-refractivity contribution >= 4 is 27.1 Å². The van der Waals surface area contributed by atoms with Crippen LogP contribution in [0.25, 0.3) is 10.8 Å². The molecule has 0 N–H and O–H groups in total. The Labute approximate surface area is 99.0 Å². The Kier molecular flexibility index (Phi) is 2.67. The molecule has 0 aliphatic carbocycles. The monoisotopic (exact) mass is 275 g/mol. The molecular formula is C7H5N3O5S2. The van der Waals surface area contributed by atoms with Crippen LogP contribution < -0.4 is 0 Å². The third-order valence-electron chi connectivity index (χ3n) is 1.71. The van der Waals surface area contributed by atoms with Crippen molar-refractivity contribution in [3.05, 3.63) is 22.2 Å². The number of aromatic nitrogens is 2. The van der Waals surface area contributed by atoms with E-state index in [-0.39, 0.29) is 15.1 Å². The van der Waals surface area contributed by atoms with E-state index in [1.54, 1.807) is 0 Å². The summed E-state index contributed by atoms with van der Waals surface area (Å²) in [5, 5.41) is 17.6. The fraction of sp³-hybridized carbons (Fsp3) is 0.143. The normalized spacial score (nSPS) is 11.6. The Hall–Kier alpha value is -1.81. The van der Waals surface area contributed by atoms with E-state index in [1.807, 2.05) is 0 Å². The minimum atomic E-state index is -3.43. The fourth-order valence-electron chi connectivity index (χ4n) is 1.000. The maximum atomic E-state index is 11.2. The summed E-state index contributed by atoms with van der Waals surface area (Å²) in [7, 11) is -3.43. The zero-order valence-electron chi connectivity index (χ0n) is 8.35. The standard InChI is InChI=1S/C7H5N3O5S2/c1-17(13,14)7-9-8-6(16-7)4-2-3-5(15-4)10(11)12/h2-3H,1H3. The molecular weight excluding hydrogens is 270 g/mol. The van der Waals surface area contributed by atoms with E-state index in [0.29, 0.717) is 0 Å². The zero-order valence-corrected chi connectivity index (χ0v) is 9.99. The summed E-state index contributed by atoms with van der Waals surface area (Å²) in [4.78, 5) is 9.70. The van der Waals surface area contributed by atoms with Crippen LogP contribution in [0.4, 0.5) is 5.88 Å². The number of rotatable bonds is 3. The number of nitro groups is 1. The van der Waals surface area contributed by atoms with Gasteiger partial charge < -0.3 is 4.42 Å². The molecule has 0 unspecified atom stereocenters.